The summed E-state index contributed by atoms with van der Waals surface area (Å²) >= 11 is 0. The highest BCUT2D eigenvalue weighted by Crippen LogP contribution is 2.53. The fraction of sp³-hybridized carbons (Fsp3) is 0.762. The third kappa shape index (κ3) is 3.82. The van der Waals surface area contributed by atoms with Gasteiger partial charge in [0.25, 0.3) is 0 Å². The Morgan fingerprint density at radius 2 is 2.15 bits per heavy atom. The molecule has 1 saturated carbocycles. The molecule has 3 rings (SSSR count). The van der Waals surface area contributed by atoms with E-state index in [1.807, 2.05) is 12.3 Å². The van der Waals surface area contributed by atoms with Gasteiger partial charge in [0.15, 0.2) is 0 Å². The van der Waals surface area contributed by atoms with E-state index in [0.717, 1.165) is 31.0 Å². The highest BCUT2D eigenvalue weighted by Gasteiger charge is 2.60. The molecule has 1 saturated heterocycles. The Balaban J connectivity index is 1.79. The fourth-order valence-corrected chi connectivity index (χ4v) is 4.81. The van der Waals surface area contributed by atoms with Gasteiger partial charge in [-0.1, -0.05) is 34.6 Å². The molecule has 150 valence electrons. The molecular formula is C21H34N4O2. The molecule has 1 N–H and O–H groups in total. The molecule has 0 bridgehead atoms. The van der Waals surface area contributed by atoms with Crippen molar-refractivity contribution in [2.24, 2.45) is 11.3 Å². The lowest BCUT2D eigenvalue weighted by Crippen LogP contribution is -2.75. The summed E-state index contributed by atoms with van der Waals surface area (Å²) in [7, 11) is 1.63. The molecule has 3 atom stereocenters. The van der Waals surface area contributed by atoms with Crippen LogP contribution in [0.25, 0.3) is 0 Å². The molecule has 6 nitrogen and oxygen atoms in total. The number of methoxy groups -OCH3 is 1. The van der Waals surface area contributed by atoms with E-state index in [1.54, 1.807) is 7.11 Å². The van der Waals surface area contributed by atoms with E-state index in [-0.39, 0.29) is 22.8 Å². The van der Waals surface area contributed by atoms with Crippen molar-refractivity contribution >= 4 is 11.7 Å². The average molecular weight is 375 g/mol. The lowest BCUT2D eigenvalue weighted by Gasteiger charge is -2.64. The summed E-state index contributed by atoms with van der Waals surface area (Å²) in [6.07, 6.45) is 4.57. The second-order valence-electron chi connectivity index (χ2n) is 9.54. The van der Waals surface area contributed by atoms with Gasteiger partial charge in [0, 0.05) is 55.1 Å². The molecule has 1 amide bonds. The van der Waals surface area contributed by atoms with Gasteiger partial charge in [-0.2, -0.15) is 0 Å². The summed E-state index contributed by atoms with van der Waals surface area (Å²) in [4.78, 5) is 24.1. The van der Waals surface area contributed by atoms with Crippen molar-refractivity contribution in [2.75, 3.05) is 25.2 Å². The number of hydrogen-bond acceptors (Lipinski definition) is 5. The molecule has 3 unspecified atom stereocenters. The highest BCUT2D eigenvalue weighted by molar-refractivity contribution is 5.76. The number of fused-ring (bicyclic) bond motifs is 1. The lowest BCUT2D eigenvalue weighted by molar-refractivity contribution is -0.128. The Labute approximate surface area is 163 Å². The molecule has 6 heteroatoms. The Bertz CT molecular complexity index is 683. The van der Waals surface area contributed by atoms with Gasteiger partial charge in [0.05, 0.1) is 6.61 Å². The maximum absolute atomic E-state index is 12.2. The number of carbonyl (C=O) groups excluding carboxylic acids is 1. The third-order valence-electron chi connectivity index (χ3n) is 6.13. The maximum atomic E-state index is 12.2. The molecule has 1 aromatic rings. The van der Waals surface area contributed by atoms with Gasteiger partial charge < -0.3 is 15.0 Å². The second kappa shape index (κ2) is 7.38. The first kappa shape index (κ1) is 20.1. The first-order chi connectivity index (χ1) is 12.7. The van der Waals surface area contributed by atoms with E-state index in [0.29, 0.717) is 25.0 Å². The molecular weight excluding hydrogens is 340 g/mol. The largest absolute Gasteiger partial charge is 0.384 e. The summed E-state index contributed by atoms with van der Waals surface area (Å²) in [5.74, 6) is 2.45. The van der Waals surface area contributed by atoms with E-state index in [2.05, 4.69) is 49.8 Å². The van der Waals surface area contributed by atoms with Gasteiger partial charge in [-0.3, -0.25) is 4.79 Å². The van der Waals surface area contributed by atoms with Crippen LogP contribution >= 0.6 is 0 Å². The molecule has 1 aliphatic carbocycles. The first-order valence-electron chi connectivity index (χ1n) is 10.0. The molecule has 1 aliphatic heterocycles. The van der Waals surface area contributed by atoms with E-state index < -0.39 is 0 Å². The summed E-state index contributed by atoms with van der Waals surface area (Å²) in [5, 5.41) is 3.27. The van der Waals surface area contributed by atoms with Crippen molar-refractivity contribution in [3.05, 3.63) is 18.1 Å². The topological polar surface area (TPSA) is 67.3 Å². The zero-order chi connectivity index (χ0) is 19.8. The molecule has 27 heavy (non-hydrogen) atoms. The number of nitrogens with zero attached hydrogens (tertiary/aromatic N) is 3. The molecule has 2 fully saturated rings. The Morgan fingerprint density at radius 3 is 2.81 bits per heavy atom. The van der Waals surface area contributed by atoms with Crippen molar-refractivity contribution < 1.29 is 9.53 Å². The van der Waals surface area contributed by atoms with E-state index in [1.165, 1.54) is 0 Å². The van der Waals surface area contributed by atoms with Crippen molar-refractivity contribution in [3.8, 4) is 0 Å². The van der Waals surface area contributed by atoms with Crippen LogP contribution in [0.15, 0.2) is 12.3 Å². The number of nitrogens with one attached hydrogen (secondary N) is 1. The monoisotopic (exact) mass is 374 g/mol. The fourth-order valence-electron chi connectivity index (χ4n) is 4.81. The number of ether oxygens (including phenoxy) is 1. The molecule has 2 heterocycles. The zero-order valence-corrected chi connectivity index (χ0v) is 17.6. The molecule has 2 aliphatic rings. The Morgan fingerprint density at radius 1 is 1.41 bits per heavy atom. The van der Waals surface area contributed by atoms with Crippen LogP contribution in [-0.4, -0.2) is 48.2 Å². The normalized spacial score (nSPS) is 26.9. The van der Waals surface area contributed by atoms with E-state index >= 15 is 0 Å². The van der Waals surface area contributed by atoms with E-state index in [4.69, 9.17) is 9.72 Å². The predicted octanol–water partition coefficient (Wildman–Crippen LogP) is 2.92. The van der Waals surface area contributed by atoms with Gasteiger partial charge in [0.1, 0.15) is 11.6 Å². The van der Waals surface area contributed by atoms with Crippen LogP contribution in [-0.2, 0) is 14.9 Å². The molecule has 0 aromatic carbocycles. The Hall–Kier alpha value is -1.69. The number of rotatable bonds is 5. The van der Waals surface area contributed by atoms with Crippen LogP contribution in [0.1, 0.15) is 59.7 Å². The third-order valence-corrected chi connectivity index (χ3v) is 6.13. The molecule has 0 radical (unpaired) electrons. The second-order valence-corrected chi connectivity index (χ2v) is 9.54. The molecule has 0 spiro atoms. The van der Waals surface area contributed by atoms with Crippen LogP contribution in [0.3, 0.4) is 0 Å². The summed E-state index contributed by atoms with van der Waals surface area (Å²) < 4.78 is 5.03. The van der Waals surface area contributed by atoms with Crippen LogP contribution in [0.2, 0.25) is 0 Å². The van der Waals surface area contributed by atoms with Gasteiger partial charge in [-0.05, 0) is 18.9 Å². The number of piperidine rings is 1. The minimum Gasteiger partial charge on any atom is -0.384 e. The van der Waals surface area contributed by atoms with Crippen LogP contribution in [0.4, 0.5) is 5.82 Å². The first-order valence-corrected chi connectivity index (χ1v) is 10.0. The number of aromatic nitrogens is 2. The van der Waals surface area contributed by atoms with Crippen LogP contribution in [0.5, 0.6) is 0 Å². The summed E-state index contributed by atoms with van der Waals surface area (Å²) in [6.45, 7) is 12.4. The quantitative estimate of drug-likeness (QED) is 0.858. The number of carbonyl (C=O) groups is 1. The van der Waals surface area contributed by atoms with Crippen molar-refractivity contribution in [2.45, 2.75) is 71.4 Å². The Kier molecular flexibility index (Phi) is 5.48. The predicted molar refractivity (Wildman–Crippen MR) is 107 cm³/mol. The summed E-state index contributed by atoms with van der Waals surface area (Å²) in [5.41, 5.74) is -0.0706. The van der Waals surface area contributed by atoms with Crippen molar-refractivity contribution in [1.82, 2.24) is 15.3 Å². The number of hydrogen-bond donors (Lipinski definition) is 1. The smallest absolute Gasteiger partial charge is 0.222 e. The van der Waals surface area contributed by atoms with Gasteiger partial charge >= 0.3 is 0 Å². The van der Waals surface area contributed by atoms with Crippen LogP contribution in [0, 0.1) is 11.3 Å². The zero-order valence-electron chi connectivity index (χ0n) is 17.6. The minimum atomic E-state index is -0.0712. The SMILES string of the molecule is COCCC(=O)NC1C2CCCN(c3ccnc(C(C)(C)C)n3)C2C1(C)C. The minimum absolute atomic E-state index is 0.000659. The highest BCUT2D eigenvalue weighted by atomic mass is 16.5. The van der Waals surface area contributed by atoms with Gasteiger partial charge in [-0.25, -0.2) is 9.97 Å². The van der Waals surface area contributed by atoms with Crippen LogP contribution < -0.4 is 10.2 Å². The maximum Gasteiger partial charge on any atom is 0.222 e. The van der Waals surface area contributed by atoms with Gasteiger partial charge in [0.2, 0.25) is 5.91 Å². The standard InChI is InChI=1S/C21H34N4O2/c1-20(2,3)19-22-11-9-15(23-19)25-12-7-8-14-17(21(4,5)18(14)25)24-16(26)10-13-27-6/h9,11,14,17-18H,7-8,10,12-13H2,1-6H3,(H,24,26). The molecule has 1 aromatic heterocycles. The number of anilines is 1. The van der Waals surface area contributed by atoms with Crippen molar-refractivity contribution in [1.29, 1.82) is 0 Å². The van der Waals surface area contributed by atoms with Gasteiger partial charge in [-0.15, -0.1) is 0 Å². The average Bonchev–Trinajstić information content (AvgIpc) is 2.63. The number of amides is 1. The van der Waals surface area contributed by atoms with Crippen molar-refractivity contribution in [3.63, 3.8) is 0 Å². The lowest BCUT2D eigenvalue weighted by atomic mass is 9.52. The summed E-state index contributed by atoms with van der Waals surface area (Å²) in [6, 6.07) is 2.62. The van der Waals surface area contributed by atoms with E-state index in [9.17, 15) is 4.79 Å².